The van der Waals surface area contributed by atoms with E-state index in [2.05, 4.69) is 70.9 Å². The number of hydrogen-bond acceptors (Lipinski definition) is 6. The Hall–Kier alpha value is -3.86. The number of carboxylic acid groups (broad SMARTS) is 2. The summed E-state index contributed by atoms with van der Waals surface area (Å²) in [6.07, 6.45) is 3.37. The van der Waals surface area contributed by atoms with Crippen molar-refractivity contribution in [2.45, 2.75) is 89.3 Å². The fraction of sp³-hybridized carbons (Fsp3) is 0.512. The number of rotatable bonds is 16. The fourth-order valence-corrected chi connectivity index (χ4v) is 9.23. The molecule has 2 aliphatic rings. The van der Waals surface area contributed by atoms with Crippen LogP contribution >= 0.6 is 0 Å². The Kier molecular flexibility index (Phi) is 12.5. The predicted molar refractivity (Wildman–Crippen MR) is 192 cm³/mol. The van der Waals surface area contributed by atoms with Crippen molar-refractivity contribution < 1.29 is 38.1 Å². The van der Waals surface area contributed by atoms with Crippen LogP contribution in [0.1, 0.15) is 81.9 Å². The summed E-state index contributed by atoms with van der Waals surface area (Å²) in [6, 6.07) is 26.2. The Morgan fingerprint density at radius 1 is 0.824 bits per heavy atom. The van der Waals surface area contributed by atoms with Crippen LogP contribution in [0.25, 0.3) is 0 Å². The molecule has 51 heavy (non-hydrogen) atoms. The van der Waals surface area contributed by atoms with Crippen molar-refractivity contribution in [2.24, 2.45) is 10.8 Å². The number of carbonyl (C=O) groups is 2. The summed E-state index contributed by atoms with van der Waals surface area (Å²) in [5, 5.41) is 25.0. The van der Waals surface area contributed by atoms with Crippen molar-refractivity contribution >= 4 is 11.9 Å². The Morgan fingerprint density at radius 2 is 1.35 bits per heavy atom. The molecule has 3 aromatic carbocycles. The zero-order valence-electron chi connectivity index (χ0n) is 29.9. The highest BCUT2D eigenvalue weighted by molar-refractivity contribution is 5.84. The maximum Gasteiger partial charge on any atom is 0.387 e. The maximum absolute atomic E-state index is 13.6. The molecule has 2 fully saturated rings. The van der Waals surface area contributed by atoms with Gasteiger partial charge in [0.05, 0.1) is 10.8 Å². The summed E-state index contributed by atoms with van der Waals surface area (Å²) in [6.45, 7) is 5.62. The van der Waals surface area contributed by atoms with Gasteiger partial charge in [-0.1, -0.05) is 85.8 Å². The highest BCUT2D eigenvalue weighted by Crippen LogP contribution is 2.60. The van der Waals surface area contributed by atoms with Gasteiger partial charge in [0, 0.05) is 43.2 Å². The molecule has 2 aliphatic heterocycles. The van der Waals surface area contributed by atoms with Crippen LogP contribution in [0.3, 0.4) is 0 Å². The molecule has 5 rings (SSSR count). The second kappa shape index (κ2) is 16.7. The molecule has 2 heterocycles. The van der Waals surface area contributed by atoms with E-state index >= 15 is 0 Å². The second-order valence-corrected chi connectivity index (χ2v) is 14.2. The standard InChI is InChI=1S/C41H52F2N2O6/c1-4-40(36(46)47)29(2)44-30(3)41(37(48)49,35(40)33-19-11-12-20-34(33)51-38(42)43)21-13-27-50-28-14-24-45-25-22-39(23-26-45,31-15-7-5-8-16-31)32-17-9-6-10-18-32/h5-12,15-20,29-30,35,38,44H,4,13-14,21-28H2,1-3H3,(H,46,47)(H,48,49). The summed E-state index contributed by atoms with van der Waals surface area (Å²) < 4.78 is 38.0. The number of ether oxygens (including phenoxy) is 2. The fourth-order valence-electron chi connectivity index (χ4n) is 9.23. The monoisotopic (exact) mass is 706 g/mol. The SMILES string of the molecule is CCC1(C(=O)O)C(C)NC(C)C(CCCOCCCN2CCC(c3ccccc3)(c3ccccc3)CC2)(C(=O)O)C1c1ccccc1OC(F)F. The van der Waals surface area contributed by atoms with Gasteiger partial charge in [-0.05, 0) is 88.2 Å². The Morgan fingerprint density at radius 3 is 1.90 bits per heavy atom. The van der Waals surface area contributed by atoms with Crippen molar-refractivity contribution in [1.82, 2.24) is 10.2 Å². The van der Waals surface area contributed by atoms with E-state index < -0.39 is 47.4 Å². The van der Waals surface area contributed by atoms with E-state index in [0.717, 1.165) is 38.9 Å². The van der Waals surface area contributed by atoms with Crippen molar-refractivity contribution in [3.05, 3.63) is 102 Å². The zero-order chi connectivity index (χ0) is 36.6. The number of benzene rings is 3. The third kappa shape index (κ3) is 7.55. The first kappa shape index (κ1) is 38.4. The third-order valence-corrected chi connectivity index (χ3v) is 11.9. The lowest BCUT2D eigenvalue weighted by atomic mass is 9.49. The van der Waals surface area contributed by atoms with E-state index in [1.165, 1.54) is 29.3 Å². The number of para-hydroxylation sites is 1. The minimum atomic E-state index is -3.16. The largest absolute Gasteiger partial charge is 0.481 e. The molecule has 0 spiro atoms. The highest BCUT2D eigenvalue weighted by atomic mass is 19.3. The predicted octanol–water partition coefficient (Wildman–Crippen LogP) is 7.57. The van der Waals surface area contributed by atoms with E-state index in [1.54, 1.807) is 26.8 Å². The smallest absolute Gasteiger partial charge is 0.387 e. The summed E-state index contributed by atoms with van der Waals surface area (Å²) in [5.74, 6) is -3.73. The van der Waals surface area contributed by atoms with E-state index in [-0.39, 0.29) is 36.2 Å². The number of nitrogens with one attached hydrogen (secondary N) is 1. The van der Waals surface area contributed by atoms with Crippen LogP contribution in [0.5, 0.6) is 5.75 Å². The molecule has 5 atom stereocenters. The van der Waals surface area contributed by atoms with Crippen molar-refractivity contribution in [1.29, 1.82) is 0 Å². The topological polar surface area (TPSA) is 108 Å². The molecular weight excluding hydrogens is 654 g/mol. The number of carboxylic acids is 2. The Balaban J connectivity index is 1.23. The second-order valence-electron chi connectivity index (χ2n) is 14.2. The molecule has 276 valence electrons. The Bertz CT molecular complexity index is 1540. The van der Waals surface area contributed by atoms with Gasteiger partial charge in [0.2, 0.25) is 0 Å². The molecule has 0 bridgehead atoms. The van der Waals surface area contributed by atoms with Crippen LogP contribution in [0.4, 0.5) is 8.78 Å². The summed E-state index contributed by atoms with van der Waals surface area (Å²) >= 11 is 0. The lowest BCUT2D eigenvalue weighted by Gasteiger charge is -2.57. The van der Waals surface area contributed by atoms with Gasteiger partial charge in [-0.3, -0.25) is 9.59 Å². The van der Waals surface area contributed by atoms with E-state index in [9.17, 15) is 28.6 Å². The average Bonchev–Trinajstić information content (AvgIpc) is 3.12. The van der Waals surface area contributed by atoms with Gasteiger partial charge in [-0.15, -0.1) is 0 Å². The molecule has 0 aromatic heterocycles. The molecule has 0 amide bonds. The van der Waals surface area contributed by atoms with E-state index in [4.69, 9.17) is 9.47 Å². The first-order chi connectivity index (χ1) is 24.5. The molecule has 2 saturated heterocycles. The molecule has 8 nitrogen and oxygen atoms in total. The van der Waals surface area contributed by atoms with Gasteiger partial charge in [-0.25, -0.2) is 0 Å². The van der Waals surface area contributed by atoms with Crippen molar-refractivity contribution in [3.63, 3.8) is 0 Å². The molecule has 3 N–H and O–H groups in total. The molecule has 0 radical (unpaired) electrons. The minimum absolute atomic E-state index is 0.0154. The number of piperidine rings is 2. The number of aliphatic carboxylic acids is 2. The number of hydrogen-bond donors (Lipinski definition) is 3. The highest BCUT2D eigenvalue weighted by Gasteiger charge is 2.66. The minimum Gasteiger partial charge on any atom is -0.481 e. The van der Waals surface area contributed by atoms with Crippen molar-refractivity contribution in [3.8, 4) is 5.75 Å². The van der Waals surface area contributed by atoms with Crippen LogP contribution in [0.15, 0.2) is 84.9 Å². The Labute approximate surface area is 300 Å². The third-order valence-electron chi connectivity index (χ3n) is 11.9. The van der Waals surface area contributed by atoms with Gasteiger partial charge in [0.25, 0.3) is 0 Å². The van der Waals surface area contributed by atoms with Crippen molar-refractivity contribution in [2.75, 3.05) is 32.8 Å². The van der Waals surface area contributed by atoms with Crippen LogP contribution < -0.4 is 10.1 Å². The first-order valence-corrected chi connectivity index (χ1v) is 18.2. The van der Waals surface area contributed by atoms with Crippen LogP contribution in [0.2, 0.25) is 0 Å². The number of alkyl halides is 2. The van der Waals surface area contributed by atoms with Gasteiger partial charge >= 0.3 is 18.6 Å². The quantitative estimate of drug-likeness (QED) is 0.131. The van der Waals surface area contributed by atoms with Gasteiger partial charge in [-0.2, -0.15) is 8.78 Å². The molecule has 0 aliphatic carbocycles. The zero-order valence-corrected chi connectivity index (χ0v) is 29.9. The normalized spacial score (nSPS) is 26.5. The number of likely N-dealkylation sites (tertiary alicyclic amines) is 1. The molecule has 10 heteroatoms. The van der Waals surface area contributed by atoms with E-state index in [1.807, 2.05) is 0 Å². The van der Waals surface area contributed by atoms with Gasteiger partial charge in [0.1, 0.15) is 5.75 Å². The van der Waals surface area contributed by atoms with Crippen LogP contribution in [0, 0.1) is 10.8 Å². The van der Waals surface area contributed by atoms with Crippen LogP contribution in [-0.2, 0) is 19.7 Å². The van der Waals surface area contributed by atoms with E-state index in [0.29, 0.717) is 13.0 Å². The number of halogens is 2. The molecule has 3 aromatic rings. The summed E-state index contributed by atoms with van der Waals surface area (Å²) in [4.78, 5) is 29.1. The van der Waals surface area contributed by atoms with Gasteiger partial charge in [0.15, 0.2) is 0 Å². The molecule has 0 saturated carbocycles. The molecule has 5 unspecified atom stereocenters. The lowest BCUT2D eigenvalue weighted by Crippen LogP contribution is -2.69. The maximum atomic E-state index is 13.6. The average molecular weight is 707 g/mol. The summed E-state index contributed by atoms with van der Waals surface area (Å²) in [5.41, 5.74) is -0.414. The molecular formula is C41H52F2N2O6. The lowest BCUT2D eigenvalue weighted by molar-refractivity contribution is -0.174. The summed E-state index contributed by atoms with van der Waals surface area (Å²) in [7, 11) is 0. The first-order valence-electron chi connectivity index (χ1n) is 18.2. The number of nitrogens with zero attached hydrogens (tertiary/aromatic N) is 1. The van der Waals surface area contributed by atoms with Crippen LogP contribution in [-0.4, -0.2) is 78.6 Å². The van der Waals surface area contributed by atoms with Gasteiger partial charge < -0.3 is 29.9 Å².